The molecule has 0 heteroatoms. The van der Waals surface area contributed by atoms with Gasteiger partial charge in [-0.1, -0.05) is 602 Å². The summed E-state index contributed by atoms with van der Waals surface area (Å²) in [5.41, 5.74) is 17.2. The minimum absolute atomic E-state index is 0.690. The molecule has 1 aliphatic rings. The SMILES string of the molecule is CC.CC.CC.CC.CC.CC.CC.CC.CC.CC.CC.CC.CC.CC.CC.CC.CC.CC.CC.CC.CC.CC.CC1=C(C)C(C)C=C1.CCC.CCC.CCC.Cc1c(C)c(C)c2c(C)ccc(C)c2c1C.Cc1ccc(C)c(C)c1C.c1ccccc1.c1ccccc1.c1ccccc1.c1ccccc1.c1ccccc1. The molecule has 117 heavy (non-hydrogen) atoms. The van der Waals surface area contributed by atoms with Gasteiger partial charge in [-0.15, -0.1) is 0 Å². The van der Waals surface area contributed by atoms with Crippen LogP contribution >= 0.6 is 0 Å². The fourth-order valence-corrected chi connectivity index (χ4v) is 6.65. The van der Waals surface area contributed by atoms with Gasteiger partial charge >= 0.3 is 0 Å². The summed E-state index contributed by atoms with van der Waals surface area (Å²) in [5, 5.41) is 2.92. The second-order valence-electron chi connectivity index (χ2n) is 18.3. The van der Waals surface area contributed by atoms with Crippen LogP contribution in [0.1, 0.15) is 442 Å². The highest BCUT2D eigenvalue weighted by atomic mass is 14.2. The van der Waals surface area contributed by atoms with Crippen molar-refractivity contribution >= 4 is 10.8 Å². The largest absolute Gasteiger partial charge is 0.0774 e. The Hall–Kier alpha value is -6.50. The molecule has 0 amide bonds. The van der Waals surface area contributed by atoms with E-state index in [0.717, 1.165) is 0 Å². The van der Waals surface area contributed by atoms with E-state index in [1.165, 1.54) is 96.8 Å². The fourth-order valence-electron chi connectivity index (χ4n) is 6.65. The van der Waals surface area contributed by atoms with Crippen LogP contribution in [0.4, 0.5) is 0 Å². The molecule has 1 unspecified atom stereocenters. The second kappa shape index (κ2) is 215. The highest BCUT2D eigenvalue weighted by Gasteiger charge is 2.12. The van der Waals surface area contributed by atoms with Crippen molar-refractivity contribution in [3.63, 3.8) is 0 Å². The van der Waals surface area contributed by atoms with Gasteiger partial charge in [-0.3, -0.25) is 0 Å². The van der Waals surface area contributed by atoms with Crippen molar-refractivity contribution in [2.45, 2.75) is 455 Å². The highest BCUT2D eigenvalue weighted by Crippen LogP contribution is 2.33. The van der Waals surface area contributed by atoms with E-state index in [2.05, 4.69) is 168 Å². The van der Waals surface area contributed by atoms with Gasteiger partial charge in [0.1, 0.15) is 0 Å². The van der Waals surface area contributed by atoms with E-state index >= 15 is 0 Å². The molecule has 700 valence electrons. The molecular formula is C117H232. The van der Waals surface area contributed by atoms with Crippen molar-refractivity contribution in [2.75, 3.05) is 0 Å². The van der Waals surface area contributed by atoms with E-state index in [0.29, 0.717) is 5.92 Å². The number of allylic oxidation sites excluding steroid dienone is 4. The molecular weight excluding hydrogens is 1410 g/mol. The molecule has 0 saturated carbocycles. The number of fused-ring (bicyclic) bond motifs is 1. The Morgan fingerprint density at radius 2 is 0.282 bits per heavy atom. The first kappa shape index (κ1) is 177. The summed E-state index contributed by atoms with van der Waals surface area (Å²) < 4.78 is 0. The number of rotatable bonds is 0. The van der Waals surface area contributed by atoms with Gasteiger partial charge in [-0.05, 0) is 155 Å². The van der Waals surface area contributed by atoms with E-state index in [1.54, 1.807) is 0 Å². The number of aryl methyl sites for hydroxylation is 6. The van der Waals surface area contributed by atoms with E-state index < -0.39 is 0 Å². The fraction of sp³-hybridized carbons (Fsp3) is 0.573. The zero-order valence-corrected chi connectivity index (χ0v) is 93.5. The van der Waals surface area contributed by atoms with Gasteiger partial charge in [-0.2, -0.15) is 0 Å². The van der Waals surface area contributed by atoms with E-state index in [4.69, 9.17) is 0 Å². The summed E-state index contributed by atoms with van der Waals surface area (Å²) >= 11 is 0. The average Bonchev–Trinajstić information content (AvgIpc) is 1.12. The topological polar surface area (TPSA) is 0 Å². The van der Waals surface area contributed by atoms with Crippen LogP contribution in [-0.4, -0.2) is 0 Å². The monoisotopic (exact) mass is 1640 g/mol. The van der Waals surface area contributed by atoms with Gasteiger partial charge in [0.05, 0.1) is 0 Å². The third kappa shape index (κ3) is 155. The number of benzene rings is 8. The van der Waals surface area contributed by atoms with Crippen LogP contribution in [-0.2, 0) is 0 Å². The summed E-state index contributed by atoms with van der Waals surface area (Å²) in [6.45, 7) is 129. The molecule has 0 fully saturated rings. The van der Waals surface area contributed by atoms with Crippen molar-refractivity contribution < 1.29 is 0 Å². The van der Waals surface area contributed by atoms with Crippen molar-refractivity contribution in [2.24, 2.45) is 5.92 Å². The van der Waals surface area contributed by atoms with Gasteiger partial charge in [0, 0.05) is 0 Å². The van der Waals surface area contributed by atoms with Crippen LogP contribution in [0.2, 0.25) is 0 Å². The number of hydrogen-bond acceptors (Lipinski definition) is 0. The maximum atomic E-state index is 2.25. The first-order chi connectivity index (χ1) is 57.0. The molecule has 8 aromatic rings. The third-order valence-corrected chi connectivity index (χ3v) is 11.7. The van der Waals surface area contributed by atoms with E-state index in [-0.39, 0.29) is 0 Å². The Bertz CT molecular complexity index is 2130. The molecule has 0 heterocycles. The van der Waals surface area contributed by atoms with Crippen molar-refractivity contribution in [1.82, 2.24) is 0 Å². The molecule has 0 aliphatic heterocycles. The zero-order valence-electron chi connectivity index (χ0n) is 93.5. The van der Waals surface area contributed by atoms with Crippen LogP contribution in [0.25, 0.3) is 10.8 Å². The lowest BCUT2D eigenvalue weighted by molar-refractivity contribution is 0.875. The normalized spacial score (nSPS) is 7.91. The quantitative estimate of drug-likeness (QED) is 0.142. The second-order valence-corrected chi connectivity index (χ2v) is 18.3. The standard InChI is InChI=1S/C16H20.C10H14.C8H12.5C6H6.3C3H8.22C2H6/c1-9-7-8-10(2)16-14(6)12(4)11(3)13(5)15(9)16;1-7-5-6-8(2)10(4)9(7)3;1-6-4-5-7(2)8(6)3;5*1-2-4-6-5-3-1;3*1-3-2;22*1-2/h7-8H,1-6H3;5-6H,1-4H3;4-6H,1-3H3;5*1-6H;3*3H2,1-2H3;22*1-2H3. The molecule has 0 radical (unpaired) electrons. The molecule has 1 atom stereocenters. The Morgan fingerprint density at radius 1 is 0.171 bits per heavy atom. The predicted octanol–water partition coefficient (Wildman–Crippen LogP) is 45.4. The first-order valence-corrected chi connectivity index (χ1v) is 48.9. The van der Waals surface area contributed by atoms with E-state index in [1.807, 2.05) is 487 Å². The lowest BCUT2D eigenvalue weighted by Gasteiger charge is -2.17. The zero-order chi connectivity index (χ0) is 99.2. The van der Waals surface area contributed by atoms with Crippen molar-refractivity contribution in [1.29, 1.82) is 0 Å². The minimum Gasteiger partial charge on any atom is -0.0774 e. The molecule has 0 N–H and O–H groups in total. The number of hydrogen-bond donors (Lipinski definition) is 0. The van der Waals surface area contributed by atoms with Crippen molar-refractivity contribution in [3.8, 4) is 0 Å². The Balaban J connectivity index is -0.0000000359. The van der Waals surface area contributed by atoms with E-state index in [9.17, 15) is 0 Å². The van der Waals surface area contributed by atoms with Gasteiger partial charge in [-0.25, -0.2) is 0 Å². The summed E-state index contributed by atoms with van der Waals surface area (Å²) in [7, 11) is 0. The van der Waals surface area contributed by atoms with Crippen LogP contribution in [0.3, 0.4) is 0 Å². The summed E-state index contributed by atoms with van der Waals surface area (Å²) in [5.74, 6) is 0.690. The smallest absolute Gasteiger partial charge is 0.00455 e. The van der Waals surface area contributed by atoms with Crippen LogP contribution in [0.15, 0.2) is 230 Å². The van der Waals surface area contributed by atoms with Gasteiger partial charge in [0.2, 0.25) is 0 Å². The van der Waals surface area contributed by atoms with Crippen LogP contribution in [0.5, 0.6) is 0 Å². The highest BCUT2D eigenvalue weighted by molar-refractivity contribution is 5.95. The summed E-state index contributed by atoms with van der Waals surface area (Å²) in [6, 6.07) is 68.8. The molecule has 9 rings (SSSR count). The lowest BCUT2D eigenvalue weighted by atomic mass is 9.87. The Labute approximate surface area is 752 Å². The molecule has 0 nitrogen and oxygen atoms in total. The van der Waals surface area contributed by atoms with Crippen LogP contribution in [0, 0.1) is 75.2 Å². The van der Waals surface area contributed by atoms with Crippen LogP contribution < -0.4 is 0 Å². The molecule has 0 saturated heterocycles. The summed E-state index contributed by atoms with van der Waals surface area (Å²) in [4.78, 5) is 0. The Kier molecular flexibility index (Phi) is 325. The molecule has 8 aromatic carbocycles. The molecule has 0 spiro atoms. The maximum Gasteiger partial charge on any atom is -0.00455 e. The Morgan fingerprint density at radius 3 is 0.368 bits per heavy atom. The minimum atomic E-state index is 0.690. The lowest BCUT2D eigenvalue weighted by Crippen LogP contribution is -1.97. The first-order valence-electron chi connectivity index (χ1n) is 48.9. The average molecular weight is 1640 g/mol. The molecule has 0 aromatic heterocycles. The summed E-state index contributed by atoms with van der Waals surface area (Å²) in [6.07, 6.45) is 8.19. The van der Waals surface area contributed by atoms with Crippen molar-refractivity contribution in [3.05, 3.63) is 285 Å². The third-order valence-electron chi connectivity index (χ3n) is 11.7. The van der Waals surface area contributed by atoms with Gasteiger partial charge in [0.15, 0.2) is 0 Å². The molecule has 0 bridgehead atoms. The molecule has 1 aliphatic carbocycles. The maximum absolute atomic E-state index is 2.25. The predicted molar refractivity (Wildman–Crippen MR) is 584 cm³/mol. The van der Waals surface area contributed by atoms with Gasteiger partial charge in [0.25, 0.3) is 0 Å². The van der Waals surface area contributed by atoms with Gasteiger partial charge < -0.3 is 0 Å².